The Kier molecular flexibility index (Phi) is 4.99. The van der Waals surface area contributed by atoms with Crippen LogP contribution < -0.4 is 14.9 Å². The zero-order chi connectivity index (χ0) is 17.6. The number of fused-ring (bicyclic) bond motifs is 1. The van der Waals surface area contributed by atoms with Crippen LogP contribution in [0.1, 0.15) is 23.0 Å². The number of ether oxygens (including phenoxy) is 2. The molecule has 0 aliphatic rings. The molecule has 6 nitrogen and oxygen atoms in total. The van der Waals surface area contributed by atoms with Crippen molar-refractivity contribution in [2.75, 3.05) is 13.7 Å². The van der Waals surface area contributed by atoms with Gasteiger partial charge in [-0.3, -0.25) is 4.79 Å². The van der Waals surface area contributed by atoms with Gasteiger partial charge in [-0.25, -0.2) is 5.43 Å². The summed E-state index contributed by atoms with van der Waals surface area (Å²) in [6, 6.07) is 14.8. The van der Waals surface area contributed by atoms with Crippen LogP contribution in [-0.4, -0.2) is 30.8 Å². The fraction of sp³-hybridized carbons (Fsp3) is 0.158. The molecule has 0 aliphatic carbocycles. The largest absolute Gasteiger partial charge is 0.496 e. The number of nitrogens with one attached hydrogen (secondary N) is 2. The van der Waals surface area contributed by atoms with Gasteiger partial charge in [0.1, 0.15) is 17.2 Å². The number of methoxy groups -OCH3 is 1. The second-order valence-electron chi connectivity index (χ2n) is 5.31. The minimum absolute atomic E-state index is 0.319. The van der Waals surface area contributed by atoms with E-state index in [4.69, 9.17) is 9.47 Å². The molecule has 0 aliphatic heterocycles. The molecule has 25 heavy (non-hydrogen) atoms. The molecule has 3 rings (SSSR count). The van der Waals surface area contributed by atoms with Crippen LogP contribution in [0.4, 0.5) is 0 Å². The molecule has 0 unspecified atom stereocenters. The average Bonchev–Trinajstić information content (AvgIpc) is 3.06. The highest BCUT2D eigenvalue weighted by atomic mass is 16.5. The van der Waals surface area contributed by atoms with Gasteiger partial charge in [0.15, 0.2) is 0 Å². The van der Waals surface area contributed by atoms with E-state index in [2.05, 4.69) is 15.5 Å². The molecule has 1 heterocycles. The first-order valence-electron chi connectivity index (χ1n) is 7.93. The van der Waals surface area contributed by atoms with E-state index in [1.807, 2.05) is 49.4 Å². The van der Waals surface area contributed by atoms with E-state index in [9.17, 15) is 4.79 Å². The van der Waals surface area contributed by atoms with E-state index in [-0.39, 0.29) is 5.91 Å². The van der Waals surface area contributed by atoms with Crippen LogP contribution in [0, 0.1) is 0 Å². The third kappa shape index (κ3) is 3.80. The number of para-hydroxylation sites is 1. The molecule has 0 saturated carbocycles. The van der Waals surface area contributed by atoms with Gasteiger partial charge in [0, 0.05) is 16.5 Å². The van der Waals surface area contributed by atoms with Gasteiger partial charge in [-0.05, 0) is 43.3 Å². The van der Waals surface area contributed by atoms with E-state index in [1.165, 1.54) is 0 Å². The molecule has 1 amide bonds. The highest BCUT2D eigenvalue weighted by Crippen LogP contribution is 2.21. The van der Waals surface area contributed by atoms with Gasteiger partial charge in [-0.15, -0.1) is 0 Å². The third-order valence-electron chi connectivity index (χ3n) is 3.66. The van der Waals surface area contributed by atoms with Crippen LogP contribution in [0.5, 0.6) is 11.5 Å². The van der Waals surface area contributed by atoms with Crippen LogP contribution in [-0.2, 0) is 0 Å². The summed E-state index contributed by atoms with van der Waals surface area (Å²) < 4.78 is 10.7. The number of H-pyrrole nitrogens is 1. The maximum absolute atomic E-state index is 12.3. The smallest absolute Gasteiger partial charge is 0.287 e. The van der Waals surface area contributed by atoms with Crippen molar-refractivity contribution in [3.63, 3.8) is 0 Å². The number of nitrogens with zero attached hydrogens (tertiary/aromatic N) is 1. The van der Waals surface area contributed by atoms with Crippen molar-refractivity contribution in [2.45, 2.75) is 6.92 Å². The van der Waals surface area contributed by atoms with Crippen LogP contribution in [0.25, 0.3) is 10.9 Å². The SMILES string of the molecule is CCOc1ccc2[nH]c(C(=O)N/N=C\c3ccccc3OC)cc2c1. The zero-order valence-corrected chi connectivity index (χ0v) is 14.1. The first-order valence-corrected chi connectivity index (χ1v) is 7.93. The molecule has 0 spiro atoms. The molecule has 0 saturated heterocycles. The van der Waals surface area contributed by atoms with Crippen LogP contribution in [0.3, 0.4) is 0 Å². The minimum atomic E-state index is -0.319. The van der Waals surface area contributed by atoms with Gasteiger partial charge in [0.25, 0.3) is 5.91 Å². The number of hydrogen-bond donors (Lipinski definition) is 2. The van der Waals surface area contributed by atoms with Crippen molar-refractivity contribution < 1.29 is 14.3 Å². The number of hydrogen-bond acceptors (Lipinski definition) is 4. The van der Waals surface area contributed by atoms with Gasteiger partial charge in [0.05, 0.1) is 19.9 Å². The van der Waals surface area contributed by atoms with Crippen molar-refractivity contribution in [3.05, 3.63) is 59.8 Å². The lowest BCUT2D eigenvalue weighted by atomic mass is 10.2. The maximum Gasteiger partial charge on any atom is 0.287 e. The molecule has 0 fully saturated rings. The van der Waals surface area contributed by atoms with Crippen molar-refractivity contribution >= 4 is 23.0 Å². The molecule has 1 aromatic heterocycles. The number of aromatic nitrogens is 1. The summed E-state index contributed by atoms with van der Waals surface area (Å²) in [5, 5.41) is 4.90. The lowest BCUT2D eigenvalue weighted by Gasteiger charge is -2.02. The van der Waals surface area contributed by atoms with Crippen LogP contribution in [0.15, 0.2) is 53.6 Å². The van der Waals surface area contributed by atoms with Gasteiger partial charge in [-0.1, -0.05) is 12.1 Å². The second-order valence-corrected chi connectivity index (χ2v) is 5.31. The molecule has 6 heteroatoms. The fourth-order valence-electron chi connectivity index (χ4n) is 2.48. The summed E-state index contributed by atoms with van der Waals surface area (Å²) in [7, 11) is 1.59. The number of carbonyl (C=O) groups excluding carboxylic acids is 1. The molecule has 0 radical (unpaired) electrons. The van der Waals surface area contributed by atoms with E-state index in [0.29, 0.717) is 18.1 Å². The molecule has 2 aromatic carbocycles. The van der Waals surface area contributed by atoms with Gasteiger partial charge in [0.2, 0.25) is 0 Å². The number of hydrazone groups is 1. The van der Waals surface area contributed by atoms with Crippen LogP contribution >= 0.6 is 0 Å². The Morgan fingerprint density at radius 3 is 2.88 bits per heavy atom. The third-order valence-corrected chi connectivity index (χ3v) is 3.66. The van der Waals surface area contributed by atoms with E-state index < -0.39 is 0 Å². The van der Waals surface area contributed by atoms with Gasteiger partial charge >= 0.3 is 0 Å². The van der Waals surface area contributed by atoms with E-state index >= 15 is 0 Å². The number of rotatable bonds is 6. The Morgan fingerprint density at radius 2 is 2.08 bits per heavy atom. The topological polar surface area (TPSA) is 75.7 Å². The summed E-state index contributed by atoms with van der Waals surface area (Å²) in [6.07, 6.45) is 1.55. The van der Waals surface area contributed by atoms with Crippen molar-refractivity contribution in [1.29, 1.82) is 0 Å². The molecule has 0 bridgehead atoms. The average molecular weight is 337 g/mol. The van der Waals surface area contributed by atoms with Crippen molar-refractivity contribution in [2.24, 2.45) is 5.10 Å². The first-order chi connectivity index (χ1) is 12.2. The fourth-order valence-corrected chi connectivity index (χ4v) is 2.48. The minimum Gasteiger partial charge on any atom is -0.496 e. The van der Waals surface area contributed by atoms with Crippen LogP contribution in [0.2, 0.25) is 0 Å². The molecule has 3 aromatic rings. The molecular weight excluding hydrogens is 318 g/mol. The Hall–Kier alpha value is -3.28. The highest BCUT2D eigenvalue weighted by Gasteiger charge is 2.09. The highest BCUT2D eigenvalue weighted by molar-refractivity contribution is 5.98. The van der Waals surface area contributed by atoms with Gasteiger partial charge in [-0.2, -0.15) is 5.10 Å². The van der Waals surface area contributed by atoms with Crippen molar-refractivity contribution in [1.82, 2.24) is 10.4 Å². The summed E-state index contributed by atoms with van der Waals surface area (Å²) in [5.74, 6) is 1.14. The number of aromatic amines is 1. The summed E-state index contributed by atoms with van der Waals surface area (Å²) in [5.41, 5.74) is 4.59. The Morgan fingerprint density at radius 1 is 1.24 bits per heavy atom. The van der Waals surface area contributed by atoms with E-state index in [0.717, 1.165) is 22.2 Å². The molecule has 128 valence electrons. The quantitative estimate of drug-likeness (QED) is 0.535. The Bertz CT molecular complexity index is 915. The lowest BCUT2D eigenvalue weighted by molar-refractivity contribution is 0.0951. The zero-order valence-electron chi connectivity index (χ0n) is 14.1. The Balaban J connectivity index is 1.72. The maximum atomic E-state index is 12.3. The Labute approximate surface area is 145 Å². The summed E-state index contributed by atoms with van der Waals surface area (Å²) in [6.45, 7) is 2.53. The normalized spacial score (nSPS) is 11.0. The predicted octanol–water partition coefficient (Wildman–Crippen LogP) is 3.34. The van der Waals surface area contributed by atoms with Crippen molar-refractivity contribution in [3.8, 4) is 11.5 Å². The molecule has 0 atom stereocenters. The number of carbonyl (C=O) groups is 1. The first kappa shape index (κ1) is 16.6. The number of benzene rings is 2. The molecule has 2 N–H and O–H groups in total. The number of amides is 1. The molecular formula is C19H19N3O3. The lowest BCUT2D eigenvalue weighted by Crippen LogP contribution is -2.17. The van der Waals surface area contributed by atoms with Gasteiger partial charge < -0.3 is 14.5 Å². The van der Waals surface area contributed by atoms with E-state index in [1.54, 1.807) is 19.4 Å². The predicted molar refractivity (Wildman–Crippen MR) is 97.5 cm³/mol. The second kappa shape index (κ2) is 7.53. The summed E-state index contributed by atoms with van der Waals surface area (Å²) in [4.78, 5) is 15.3. The monoisotopic (exact) mass is 337 g/mol. The standard InChI is InChI=1S/C19H19N3O3/c1-3-25-15-8-9-16-14(10-15)11-17(21-16)19(23)22-20-12-13-6-4-5-7-18(13)24-2/h4-12,21H,3H2,1-2H3,(H,22,23)/b20-12-. The summed E-state index contributed by atoms with van der Waals surface area (Å²) >= 11 is 0.